The van der Waals surface area contributed by atoms with Crippen molar-refractivity contribution in [3.63, 3.8) is 0 Å². The summed E-state index contributed by atoms with van der Waals surface area (Å²) in [5, 5.41) is 0. The average molecular weight is 578 g/mol. The molecule has 1 aliphatic rings. The van der Waals surface area contributed by atoms with Crippen LogP contribution in [0.5, 0.6) is 0 Å². The number of nitrogens with two attached hydrogens (primary N) is 1. The largest absolute Gasteiger partial charge is 0.363 e. The van der Waals surface area contributed by atoms with Gasteiger partial charge in [0.05, 0.1) is 13.1 Å². The first-order valence-corrected chi connectivity index (χ1v) is 14.0. The predicted molar refractivity (Wildman–Crippen MR) is 157 cm³/mol. The third-order valence-corrected chi connectivity index (χ3v) is 7.96. The summed E-state index contributed by atoms with van der Waals surface area (Å²) in [6.07, 6.45) is 0.766. The van der Waals surface area contributed by atoms with Crippen LogP contribution in [0.3, 0.4) is 0 Å². The van der Waals surface area contributed by atoms with Gasteiger partial charge in [0, 0.05) is 50.0 Å². The summed E-state index contributed by atoms with van der Waals surface area (Å²) in [4.78, 5) is 31.8. The van der Waals surface area contributed by atoms with Crippen LogP contribution in [0.2, 0.25) is 0 Å². The molecule has 2 N–H and O–H groups in total. The zero-order valence-corrected chi connectivity index (χ0v) is 23.5. The Labute approximate surface area is 242 Å². The highest BCUT2D eigenvalue weighted by Gasteiger charge is 2.26. The second-order valence-electron chi connectivity index (χ2n) is 10.6. The molecule has 1 aromatic heterocycles. The van der Waals surface area contributed by atoms with Crippen molar-refractivity contribution in [2.75, 3.05) is 37.6 Å². The topological polar surface area (TPSA) is 76.5 Å². The smallest absolute Gasteiger partial charge is 0.331 e. The van der Waals surface area contributed by atoms with E-state index in [1.807, 2.05) is 35.2 Å². The molecule has 1 fully saturated rings. The summed E-state index contributed by atoms with van der Waals surface area (Å²) in [6, 6.07) is 18.5. The van der Waals surface area contributed by atoms with Gasteiger partial charge < -0.3 is 10.6 Å². The fourth-order valence-electron chi connectivity index (χ4n) is 5.47. The first-order valence-electron chi connectivity index (χ1n) is 14.0. The van der Waals surface area contributed by atoms with Crippen molar-refractivity contribution < 1.29 is 13.2 Å². The van der Waals surface area contributed by atoms with E-state index in [0.29, 0.717) is 37.6 Å². The van der Waals surface area contributed by atoms with Crippen LogP contribution in [0.4, 0.5) is 18.9 Å². The van der Waals surface area contributed by atoms with Gasteiger partial charge in [-0.3, -0.25) is 18.8 Å². The Morgan fingerprint density at radius 2 is 1.45 bits per heavy atom. The average Bonchev–Trinajstić information content (AvgIpc) is 2.99. The molecule has 0 bridgehead atoms. The van der Waals surface area contributed by atoms with Gasteiger partial charge in [-0.25, -0.2) is 18.0 Å². The van der Waals surface area contributed by atoms with E-state index in [2.05, 4.69) is 4.90 Å². The highest BCUT2D eigenvalue weighted by molar-refractivity contribution is 5.50. The van der Waals surface area contributed by atoms with E-state index in [0.717, 1.165) is 40.8 Å². The fraction of sp³-hybridized carbons (Fsp3) is 0.312. The lowest BCUT2D eigenvalue weighted by Gasteiger charge is -2.37. The number of halogens is 3. The van der Waals surface area contributed by atoms with E-state index in [4.69, 9.17) is 5.73 Å². The molecule has 10 heteroatoms. The molecule has 3 aromatic carbocycles. The number of hydrogen-bond acceptors (Lipinski definition) is 5. The molecule has 7 nitrogen and oxygen atoms in total. The first-order chi connectivity index (χ1) is 20.2. The predicted octanol–water partition coefficient (Wildman–Crippen LogP) is 3.85. The van der Waals surface area contributed by atoms with Crippen LogP contribution >= 0.6 is 0 Å². The molecule has 1 saturated heterocycles. The molecule has 0 saturated carbocycles. The van der Waals surface area contributed by atoms with E-state index in [1.54, 1.807) is 19.1 Å². The minimum atomic E-state index is -0.767. The SMILES string of the molecule is Cc1c(N2CCN(CCc3ccc(F)cc3)CC2)c(=O)n(C[C@H](N)c2ccccc2)c(=O)n1Cc1c(F)cccc1F. The van der Waals surface area contributed by atoms with Gasteiger partial charge in [-0.2, -0.15) is 0 Å². The van der Waals surface area contributed by atoms with Gasteiger partial charge in [0.2, 0.25) is 0 Å². The third-order valence-electron chi connectivity index (χ3n) is 7.96. The maximum atomic E-state index is 14.6. The van der Waals surface area contributed by atoms with E-state index in [9.17, 15) is 22.8 Å². The van der Waals surface area contributed by atoms with Crippen molar-refractivity contribution >= 4 is 5.69 Å². The zero-order valence-electron chi connectivity index (χ0n) is 23.5. The van der Waals surface area contributed by atoms with Gasteiger partial charge in [-0.1, -0.05) is 48.5 Å². The lowest BCUT2D eigenvalue weighted by atomic mass is 10.1. The van der Waals surface area contributed by atoms with Crippen molar-refractivity contribution in [3.05, 3.63) is 133 Å². The minimum absolute atomic E-state index is 0.0909. The van der Waals surface area contributed by atoms with E-state index in [-0.39, 0.29) is 24.5 Å². The molecule has 0 amide bonds. The number of rotatable bonds is 9. The van der Waals surface area contributed by atoms with E-state index < -0.39 is 28.9 Å². The maximum Gasteiger partial charge on any atom is 0.331 e. The molecule has 2 heterocycles. The number of benzene rings is 3. The van der Waals surface area contributed by atoms with Crippen LogP contribution in [0.25, 0.3) is 0 Å². The highest BCUT2D eigenvalue weighted by atomic mass is 19.1. The molecule has 0 spiro atoms. The van der Waals surface area contributed by atoms with Crippen LogP contribution in [0.15, 0.2) is 82.4 Å². The van der Waals surface area contributed by atoms with Gasteiger partial charge in [-0.05, 0) is 48.7 Å². The Morgan fingerprint density at radius 3 is 2.10 bits per heavy atom. The molecular weight excluding hydrogens is 543 g/mol. The summed E-state index contributed by atoms with van der Waals surface area (Å²) < 4.78 is 44.9. The van der Waals surface area contributed by atoms with E-state index >= 15 is 0 Å². The second-order valence-corrected chi connectivity index (χ2v) is 10.6. The molecule has 0 radical (unpaired) electrons. The number of hydrogen-bond donors (Lipinski definition) is 1. The molecular formula is C32H34F3N5O2. The quantitative estimate of drug-likeness (QED) is 0.327. The highest BCUT2D eigenvalue weighted by Crippen LogP contribution is 2.20. The second kappa shape index (κ2) is 12.8. The number of anilines is 1. The number of piperazine rings is 1. The van der Waals surface area contributed by atoms with Crippen LogP contribution < -0.4 is 21.9 Å². The van der Waals surface area contributed by atoms with Crippen LogP contribution in [0.1, 0.15) is 28.4 Å². The van der Waals surface area contributed by atoms with Gasteiger partial charge in [0.15, 0.2) is 0 Å². The Hall–Kier alpha value is -4.15. The number of aromatic nitrogens is 2. The van der Waals surface area contributed by atoms with Crippen molar-refractivity contribution in [3.8, 4) is 0 Å². The summed E-state index contributed by atoms with van der Waals surface area (Å²) in [7, 11) is 0. The van der Waals surface area contributed by atoms with Crippen molar-refractivity contribution in [1.29, 1.82) is 0 Å². The maximum absolute atomic E-state index is 14.6. The summed E-state index contributed by atoms with van der Waals surface area (Å²) in [5.41, 5.74) is 7.48. The van der Waals surface area contributed by atoms with Crippen molar-refractivity contribution in [2.45, 2.75) is 32.5 Å². The lowest BCUT2D eigenvalue weighted by Crippen LogP contribution is -2.52. The lowest BCUT2D eigenvalue weighted by molar-refractivity contribution is 0.260. The Morgan fingerprint density at radius 1 is 0.810 bits per heavy atom. The van der Waals surface area contributed by atoms with Crippen LogP contribution in [-0.4, -0.2) is 46.8 Å². The Kier molecular flexibility index (Phi) is 8.94. The van der Waals surface area contributed by atoms with E-state index in [1.165, 1.54) is 22.8 Å². The molecule has 0 unspecified atom stereocenters. The number of nitrogens with zero attached hydrogens (tertiary/aromatic N) is 4. The summed E-state index contributed by atoms with van der Waals surface area (Å²) >= 11 is 0. The van der Waals surface area contributed by atoms with Crippen LogP contribution in [0, 0.1) is 24.4 Å². The van der Waals surface area contributed by atoms with Gasteiger partial charge >= 0.3 is 5.69 Å². The Balaban J connectivity index is 1.45. The molecule has 42 heavy (non-hydrogen) atoms. The first kappa shape index (κ1) is 29.3. The molecule has 0 aliphatic carbocycles. The molecule has 4 aromatic rings. The fourth-order valence-corrected chi connectivity index (χ4v) is 5.47. The summed E-state index contributed by atoms with van der Waals surface area (Å²) in [6.45, 7) is 4.35. The van der Waals surface area contributed by atoms with Crippen molar-refractivity contribution in [2.24, 2.45) is 5.73 Å². The van der Waals surface area contributed by atoms with Crippen molar-refractivity contribution in [1.82, 2.24) is 14.0 Å². The molecule has 5 rings (SSSR count). The molecule has 220 valence electrons. The molecule has 1 aliphatic heterocycles. The molecule has 1 atom stereocenters. The normalized spacial score (nSPS) is 14.7. The minimum Gasteiger partial charge on any atom is -0.363 e. The third kappa shape index (κ3) is 6.34. The summed E-state index contributed by atoms with van der Waals surface area (Å²) in [5.74, 6) is -1.80. The van der Waals surface area contributed by atoms with Gasteiger partial charge in [0.1, 0.15) is 23.1 Å². The zero-order chi connectivity index (χ0) is 29.8. The standard InChI is InChI=1S/C32H34F3N5O2/c1-22-30(38-18-16-37(17-19-38)15-14-23-10-12-25(33)13-11-23)31(41)40(21-29(36)24-6-3-2-4-7-24)32(42)39(22)20-26-27(34)8-5-9-28(26)35/h2-13,29H,14-21,36H2,1H3/t29-/m0/s1. The van der Waals surface area contributed by atoms with Gasteiger partial charge in [-0.15, -0.1) is 0 Å². The van der Waals surface area contributed by atoms with Gasteiger partial charge in [0.25, 0.3) is 5.56 Å². The monoisotopic (exact) mass is 577 g/mol. The van der Waals surface area contributed by atoms with Crippen LogP contribution in [-0.2, 0) is 19.5 Å². The Bertz CT molecular complexity index is 1630.